The van der Waals surface area contributed by atoms with Crippen LogP contribution >= 0.6 is 0 Å². The summed E-state index contributed by atoms with van der Waals surface area (Å²) >= 11 is 0. The number of piperidine rings is 1. The summed E-state index contributed by atoms with van der Waals surface area (Å²) in [5.74, 6) is 2.53. The van der Waals surface area contributed by atoms with Crippen LogP contribution in [0.3, 0.4) is 0 Å². The second-order valence-corrected chi connectivity index (χ2v) is 8.27. The van der Waals surface area contributed by atoms with E-state index in [2.05, 4.69) is 50.8 Å². The van der Waals surface area contributed by atoms with E-state index in [4.69, 9.17) is 9.72 Å². The van der Waals surface area contributed by atoms with Gasteiger partial charge in [0.15, 0.2) is 0 Å². The molecule has 0 radical (unpaired) electrons. The lowest BCUT2D eigenvalue weighted by molar-refractivity contribution is 0.164. The number of pyridine rings is 1. The lowest BCUT2D eigenvalue weighted by Crippen LogP contribution is -2.35. The van der Waals surface area contributed by atoms with Crippen molar-refractivity contribution in [2.24, 2.45) is 5.92 Å². The maximum Gasteiger partial charge on any atom is 0.148 e. The standard InChI is InChI=1S/C26H28N4O/c1-2-9-23(10-3-1)31-20-26-28-24-11-4-5-12-25(24)30(26)18-21-13-16-29(17-14-21)19-22-8-6-7-15-27-22/h1-12,15,21H,13-14,16-20H2. The molecular weight excluding hydrogens is 384 g/mol. The van der Waals surface area contributed by atoms with Crippen LogP contribution in [0.4, 0.5) is 0 Å². The number of rotatable bonds is 7. The van der Waals surface area contributed by atoms with Crippen LogP contribution in [-0.4, -0.2) is 32.5 Å². The zero-order chi connectivity index (χ0) is 20.9. The van der Waals surface area contributed by atoms with Crippen molar-refractivity contribution in [3.8, 4) is 5.75 Å². The van der Waals surface area contributed by atoms with Gasteiger partial charge in [0.25, 0.3) is 0 Å². The smallest absolute Gasteiger partial charge is 0.148 e. The van der Waals surface area contributed by atoms with E-state index in [1.165, 1.54) is 18.4 Å². The van der Waals surface area contributed by atoms with Crippen LogP contribution in [0.25, 0.3) is 11.0 Å². The molecule has 31 heavy (non-hydrogen) atoms. The number of para-hydroxylation sites is 3. The van der Waals surface area contributed by atoms with E-state index in [0.29, 0.717) is 12.5 Å². The summed E-state index contributed by atoms with van der Waals surface area (Å²) in [6.45, 7) is 4.65. The van der Waals surface area contributed by atoms with E-state index in [1.54, 1.807) is 0 Å². The molecule has 2 aromatic carbocycles. The molecule has 5 nitrogen and oxygen atoms in total. The Morgan fingerprint density at radius 1 is 0.871 bits per heavy atom. The van der Waals surface area contributed by atoms with Gasteiger partial charge in [-0.2, -0.15) is 0 Å². The first-order valence-electron chi connectivity index (χ1n) is 11.1. The van der Waals surface area contributed by atoms with Crippen LogP contribution < -0.4 is 4.74 Å². The number of nitrogens with zero attached hydrogens (tertiary/aromatic N) is 4. The normalized spacial score (nSPS) is 15.4. The SMILES string of the molecule is c1ccc(OCc2nc3ccccc3n2CC2CCN(Cc3ccccn3)CC2)cc1. The Balaban J connectivity index is 1.26. The summed E-state index contributed by atoms with van der Waals surface area (Å²) in [4.78, 5) is 11.9. The fraction of sp³-hybridized carbons (Fsp3) is 0.308. The Labute approximate surface area is 183 Å². The lowest BCUT2D eigenvalue weighted by Gasteiger charge is -2.32. The van der Waals surface area contributed by atoms with E-state index < -0.39 is 0 Å². The van der Waals surface area contributed by atoms with Crippen LogP contribution in [0.5, 0.6) is 5.75 Å². The summed E-state index contributed by atoms with van der Waals surface area (Å²) in [6.07, 6.45) is 4.27. The first kappa shape index (κ1) is 19.8. The van der Waals surface area contributed by atoms with E-state index in [9.17, 15) is 0 Å². The number of imidazole rings is 1. The zero-order valence-corrected chi connectivity index (χ0v) is 17.7. The third-order valence-electron chi connectivity index (χ3n) is 6.10. The molecule has 0 N–H and O–H groups in total. The monoisotopic (exact) mass is 412 g/mol. The average molecular weight is 413 g/mol. The van der Waals surface area contributed by atoms with E-state index >= 15 is 0 Å². The predicted molar refractivity (Wildman–Crippen MR) is 123 cm³/mol. The number of hydrogen-bond donors (Lipinski definition) is 0. The Morgan fingerprint density at radius 3 is 2.45 bits per heavy atom. The quantitative estimate of drug-likeness (QED) is 0.432. The molecule has 1 aliphatic heterocycles. The molecule has 0 spiro atoms. The van der Waals surface area contributed by atoms with Crippen molar-refractivity contribution in [2.75, 3.05) is 13.1 Å². The van der Waals surface area contributed by atoms with Crippen molar-refractivity contribution < 1.29 is 4.74 Å². The Morgan fingerprint density at radius 2 is 1.65 bits per heavy atom. The van der Waals surface area contributed by atoms with E-state index in [-0.39, 0.29) is 0 Å². The molecule has 1 aliphatic rings. The van der Waals surface area contributed by atoms with Gasteiger partial charge in [-0.3, -0.25) is 9.88 Å². The molecule has 3 heterocycles. The molecule has 5 heteroatoms. The Bertz CT molecular complexity index is 1100. The highest BCUT2D eigenvalue weighted by molar-refractivity contribution is 5.75. The second kappa shape index (κ2) is 9.31. The molecule has 0 bridgehead atoms. The first-order valence-corrected chi connectivity index (χ1v) is 11.1. The molecule has 0 saturated carbocycles. The van der Waals surface area contributed by atoms with Gasteiger partial charge in [0.2, 0.25) is 0 Å². The number of hydrogen-bond acceptors (Lipinski definition) is 4. The summed E-state index contributed by atoms with van der Waals surface area (Å²) in [6, 6.07) is 24.5. The third-order valence-corrected chi connectivity index (χ3v) is 6.10. The van der Waals surface area contributed by atoms with Gasteiger partial charge in [0.1, 0.15) is 18.2 Å². The molecule has 5 rings (SSSR count). The van der Waals surface area contributed by atoms with Crippen LogP contribution in [-0.2, 0) is 19.7 Å². The van der Waals surface area contributed by atoms with Crippen molar-refractivity contribution in [2.45, 2.75) is 32.5 Å². The van der Waals surface area contributed by atoms with Crippen LogP contribution in [0.15, 0.2) is 79.0 Å². The zero-order valence-electron chi connectivity index (χ0n) is 17.7. The predicted octanol–water partition coefficient (Wildman–Crippen LogP) is 4.92. The molecule has 0 amide bonds. The fourth-order valence-corrected chi connectivity index (χ4v) is 4.41. The largest absolute Gasteiger partial charge is 0.486 e. The van der Waals surface area contributed by atoms with Crippen LogP contribution in [0.1, 0.15) is 24.4 Å². The average Bonchev–Trinajstić information content (AvgIpc) is 3.18. The van der Waals surface area contributed by atoms with Gasteiger partial charge in [0, 0.05) is 19.3 Å². The molecule has 0 atom stereocenters. The highest BCUT2D eigenvalue weighted by Gasteiger charge is 2.22. The molecule has 1 saturated heterocycles. The van der Waals surface area contributed by atoms with Gasteiger partial charge in [-0.05, 0) is 68.2 Å². The molecule has 0 unspecified atom stereocenters. The number of benzene rings is 2. The van der Waals surface area contributed by atoms with Crippen molar-refractivity contribution in [3.05, 3.63) is 90.5 Å². The molecule has 1 fully saturated rings. The number of fused-ring (bicyclic) bond motifs is 1. The second-order valence-electron chi connectivity index (χ2n) is 8.27. The number of aromatic nitrogens is 3. The summed E-state index contributed by atoms with van der Waals surface area (Å²) in [7, 11) is 0. The summed E-state index contributed by atoms with van der Waals surface area (Å²) < 4.78 is 8.41. The molecule has 0 aliphatic carbocycles. The van der Waals surface area contributed by atoms with Gasteiger partial charge < -0.3 is 9.30 Å². The van der Waals surface area contributed by atoms with E-state index in [1.807, 2.05) is 42.6 Å². The lowest BCUT2D eigenvalue weighted by atomic mass is 9.96. The highest BCUT2D eigenvalue weighted by Crippen LogP contribution is 2.25. The van der Waals surface area contributed by atoms with Gasteiger partial charge in [-0.15, -0.1) is 0 Å². The maximum absolute atomic E-state index is 6.04. The van der Waals surface area contributed by atoms with Gasteiger partial charge in [-0.25, -0.2) is 4.98 Å². The van der Waals surface area contributed by atoms with E-state index in [0.717, 1.165) is 49.0 Å². The molecular formula is C26H28N4O. The minimum Gasteiger partial charge on any atom is -0.486 e. The minimum atomic E-state index is 0.483. The maximum atomic E-state index is 6.04. The number of ether oxygens (including phenoxy) is 1. The van der Waals surface area contributed by atoms with Crippen molar-refractivity contribution in [1.29, 1.82) is 0 Å². The van der Waals surface area contributed by atoms with Crippen molar-refractivity contribution >= 4 is 11.0 Å². The summed E-state index contributed by atoms with van der Waals surface area (Å²) in [5.41, 5.74) is 3.40. The minimum absolute atomic E-state index is 0.483. The van der Waals surface area contributed by atoms with Gasteiger partial charge in [-0.1, -0.05) is 36.4 Å². The summed E-state index contributed by atoms with van der Waals surface area (Å²) in [5, 5.41) is 0. The van der Waals surface area contributed by atoms with Crippen LogP contribution in [0, 0.1) is 5.92 Å². The van der Waals surface area contributed by atoms with Crippen LogP contribution in [0.2, 0.25) is 0 Å². The van der Waals surface area contributed by atoms with Gasteiger partial charge >= 0.3 is 0 Å². The highest BCUT2D eigenvalue weighted by atomic mass is 16.5. The third kappa shape index (κ3) is 4.78. The molecule has 158 valence electrons. The van der Waals surface area contributed by atoms with Gasteiger partial charge in [0.05, 0.1) is 16.7 Å². The fourth-order valence-electron chi connectivity index (χ4n) is 4.41. The number of likely N-dealkylation sites (tertiary alicyclic amines) is 1. The Kier molecular flexibility index (Phi) is 5.94. The molecule has 4 aromatic rings. The topological polar surface area (TPSA) is 43.2 Å². The van der Waals surface area contributed by atoms with Crippen molar-refractivity contribution in [3.63, 3.8) is 0 Å². The molecule has 2 aromatic heterocycles. The van der Waals surface area contributed by atoms with Crippen molar-refractivity contribution in [1.82, 2.24) is 19.4 Å². The Hall–Kier alpha value is -3.18. The first-order chi connectivity index (χ1) is 15.3.